The summed E-state index contributed by atoms with van der Waals surface area (Å²) in [5, 5.41) is 1.46. The quantitative estimate of drug-likeness (QED) is 0.0903. The van der Waals surface area contributed by atoms with E-state index in [1.165, 1.54) is 0 Å². The molecule has 304 valence electrons. The number of carbonyl (C=O) groups is 2. The van der Waals surface area contributed by atoms with Gasteiger partial charge in [0, 0.05) is 58.8 Å². The molecule has 0 radical (unpaired) electrons. The highest BCUT2D eigenvalue weighted by Gasteiger charge is 2.32. The van der Waals surface area contributed by atoms with Gasteiger partial charge >= 0.3 is 11.9 Å². The molecule has 0 saturated heterocycles. The molecule has 13 heteroatoms. The average Bonchev–Trinajstić information content (AvgIpc) is 3.74. The number of ether oxygens (including phenoxy) is 4. The molecular formula is C44H51Cl3N4O6. The first-order valence-corrected chi connectivity index (χ1v) is 19.9. The van der Waals surface area contributed by atoms with Gasteiger partial charge in [0.15, 0.2) is 0 Å². The van der Waals surface area contributed by atoms with Gasteiger partial charge in [-0.3, -0.25) is 9.59 Å². The van der Waals surface area contributed by atoms with Gasteiger partial charge in [-0.25, -0.2) is 9.97 Å². The largest absolute Gasteiger partial charge is 0.481 e. The molecule has 0 bridgehead atoms. The van der Waals surface area contributed by atoms with Gasteiger partial charge in [0.05, 0.1) is 60.3 Å². The molecule has 57 heavy (non-hydrogen) atoms. The third kappa shape index (κ3) is 12.6. The van der Waals surface area contributed by atoms with Gasteiger partial charge in [-0.15, -0.1) is 11.6 Å². The number of halogens is 3. The van der Waals surface area contributed by atoms with Crippen molar-refractivity contribution in [3.05, 3.63) is 117 Å². The third-order valence-electron chi connectivity index (χ3n) is 8.97. The van der Waals surface area contributed by atoms with Gasteiger partial charge < -0.3 is 28.5 Å². The number of carbonyl (C=O) groups excluding carboxylic acids is 2. The van der Waals surface area contributed by atoms with E-state index in [1.54, 1.807) is 20.3 Å². The first-order valence-electron chi connectivity index (χ1n) is 18.6. The standard InChI is InChI=1S/C22H25ClN2O3.C15H20N2O3.C7H6Cl2/c1-5-28-21(26)22(2,3)13-17-12-18-19(10-11-20(24-18)27-4)25(17)14-15-6-8-16(23)9-7-15;1-5-20-14(18)15(2,3)9-10-8-12-11(16-10)6-7-13(17-12)19-4;8-5-6-1-3-7(9)4-2-6/h6-12H,5,13-14H2,1-4H3;6-8,16H,5,9H2,1-4H3;1-4H,5H2. The number of hydrogen-bond acceptors (Lipinski definition) is 8. The van der Waals surface area contributed by atoms with Crippen molar-refractivity contribution in [2.75, 3.05) is 27.4 Å². The van der Waals surface area contributed by atoms with Crippen molar-refractivity contribution in [3.63, 3.8) is 0 Å². The maximum Gasteiger partial charge on any atom is 0.311 e. The van der Waals surface area contributed by atoms with Gasteiger partial charge in [0.2, 0.25) is 11.8 Å². The minimum atomic E-state index is -0.647. The van der Waals surface area contributed by atoms with E-state index >= 15 is 0 Å². The topological polar surface area (TPSA) is 118 Å². The Hall–Kier alpha value is -4.77. The smallest absolute Gasteiger partial charge is 0.311 e. The second-order valence-electron chi connectivity index (χ2n) is 14.5. The molecule has 10 nitrogen and oxygen atoms in total. The number of fused-ring (bicyclic) bond motifs is 2. The normalized spacial score (nSPS) is 11.3. The Morgan fingerprint density at radius 3 is 1.72 bits per heavy atom. The fourth-order valence-electron chi connectivity index (χ4n) is 5.95. The molecule has 6 aromatic rings. The summed E-state index contributed by atoms with van der Waals surface area (Å²) in [6, 6.07) is 26.8. The van der Waals surface area contributed by atoms with Crippen molar-refractivity contribution in [3.8, 4) is 11.8 Å². The number of benzene rings is 2. The molecule has 0 unspecified atom stereocenters. The van der Waals surface area contributed by atoms with Gasteiger partial charge in [-0.1, -0.05) is 47.5 Å². The highest BCUT2D eigenvalue weighted by molar-refractivity contribution is 6.30. The number of pyridine rings is 2. The van der Waals surface area contributed by atoms with Crippen LogP contribution in [0.2, 0.25) is 10.0 Å². The molecule has 4 aromatic heterocycles. The Bertz CT molecular complexity index is 2230. The Balaban J connectivity index is 0.000000215. The number of rotatable bonds is 13. The van der Waals surface area contributed by atoms with Gasteiger partial charge in [-0.05, 0) is 101 Å². The Kier molecular flexibility index (Phi) is 16.2. The number of aromatic amines is 1. The Morgan fingerprint density at radius 1 is 0.684 bits per heavy atom. The average molecular weight is 838 g/mol. The highest BCUT2D eigenvalue weighted by atomic mass is 35.5. The monoisotopic (exact) mass is 836 g/mol. The lowest BCUT2D eigenvalue weighted by atomic mass is 9.88. The molecule has 0 fully saturated rings. The third-order valence-corrected chi connectivity index (χ3v) is 9.79. The molecule has 2 aromatic carbocycles. The van der Waals surface area contributed by atoms with E-state index in [2.05, 4.69) is 19.5 Å². The fourth-order valence-corrected chi connectivity index (χ4v) is 6.38. The first kappa shape index (κ1) is 44.9. The lowest BCUT2D eigenvalue weighted by molar-refractivity contribution is -0.154. The van der Waals surface area contributed by atoms with E-state index in [-0.39, 0.29) is 11.9 Å². The van der Waals surface area contributed by atoms with Crippen LogP contribution in [0.25, 0.3) is 22.1 Å². The predicted octanol–water partition coefficient (Wildman–Crippen LogP) is 10.7. The molecule has 0 aliphatic carbocycles. The van der Waals surface area contributed by atoms with Crippen LogP contribution >= 0.6 is 34.8 Å². The molecule has 4 heterocycles. The Morgan fingerprint density at radius 2 is 1.19 bits per heavy atom. The van der Waals surface area contributed by atoms with E-state index in [1.807, 2.05) is 120 Å². The van der Waals surface area contributed by atoms with Crippen molar-refractivity contribution in [2.45, 2.75) is 66.8 Å². The molecule has 0 aliphatic rings. The summed E-state index contributed by atoms with van der Waals surface area (Å²) in [6.07, 6.45) is 1.11. The van der Waals surface area contributed by atoms with Gasteiger partial charge in [0.25, 0.3) is 0 Å². The molecule has 0 aliphatic heterocycles. The summed E-state index contributed by atoms with van der Waals surface area (Å²) >= 11 is 17.2. The van der Waals surface area contributed by atoms with E-state index in [9.17, 15) is 9.59 Å². The van der Waals surface area contributed by atoms with Crippen LogP contribution in [0.4, 0.5) is 0 Å². The van der Waals surface area contributed by atoms with Crippen LogP contribution < -0.4 is 9.47 Å². The number of aromatic nitrogens is 4. The van der Waals surface area contributed by atoms with Crippen LogP contribution in [0.1, 0.15) is 64.1 Å². The van der Waals surface area contributed by atoms with Crippen LogP contribution in [0.5, 0.6) is 11.8 Å². The summed E-state index contributed by atoms with van der Waals surface area (Å²) in [7, 11) is 3.19. The van der Waals surface area contributed by atoms with Crippen molar-refractivity contribution in [1.29, 1.82) is 0 Å². The molecule has 0 saturated carbocycles. The van der Waals surface area contributed by atoms with Crippen molar-refractivity contribution < 1.29 is 28.5 Å². The number of alkyl halides is 1. The second-order valence-corrected chi connectivity index (χ2v) is 15.6. The van der Waals surface area contributed by atoms with E-state index in [4.69, 9.17) is 53.8 Å². The number of nitrogens with zero attached hydrogens (tertiary/aromatic N) is 3. The highest BCUT2D eigenvalue weighted by Crippen LogP contribution is 2.30. The van der Waals surface area contributed by atoms with Gasteiger partial charge in [-0.2, -0.15) is 0 Å². The zero-order chi connectivity index (χ0) is 41.8. The van der Waals surface area contributed by atoms with Gasteiger partial charge in [0.1, 0.15) is 0 Å². The van der Waals surface area contributed by atoms with Crippen molar-refractivity contribution in [1.82, 2.24) is 19.5 Å². The molecule has 1 N–H and O–H groups in total. The molecule has 0 atom stereocenters. The number of hydrogen-bond donors (Lipinski definition) is 1. The zero-order valence-corrected chi connectivity index (χ0v) is 36.0. The summed E-state index contributed by atoms with van der Waals surface area (Å²) in [4.78, 5) is 36.5. The van der Waals surface area contributed by atoms with E-state index in [0.717, 1.165) is 49.6 Å². The summed E-state index contributed by atoms with van der Waals surface area (Å²) in [5.74, 6) is 1.30. The van der Waals surface area contributed by atoms with Crippen LogP contribution in [0.15, 0.2) is 84.9 Å². The number of nitrogens with one attached hydrogen (secondary N) is 1. The zero-order valence-electron chi connectivity index (χ0n) is 33.8. The lowest BCUT2D eigenvalue weighted by Gasteiger charge is -2.23. The molecule has 0 amide bonds. The van der Waals surface area contributed by atoms with Crippen molar-refractivity contribution >= 4 is 68.8 Å². The molecular weight excluding hydrogens is 787 g/mol. The summed E-state index contributed by atoms with van der Waals surface area (Å²) in [6.45, 7) is 12.6. The van der Waals surface area contributed by atoms with Crippen LogP contribution in [0, 0.1) is 10.8 Å². The van der Waals surface area contributed by atoms with Crippen LogP contribution in [-0.2, 0) is 44.3 Å². The van der Waals surface area contributed by atoms with Crippen LogP contribution in [-0.4, -0.2) is 58.9 Å². The minimum Gasteiger partial charge on any atom is -0.481 e. The molecule has 0 spiro atoms. The summed E-state index contributed by atoms with van der Waals surface area (Å²) < 4.78 is 22.9. The maximum absolute atomic E-state index is 12.4. The summed E-state index contributed by atoms with van der Waals surface area (Å²) in [5.41, 5.74) is 6.57. The van der Waals surface area contributed by atoms with E-state index < -0.39 is 10.8 Å². The molecule has 6 rings (SSSR count). The Labute approximate surface area is 349 Å². The predicted molar refractivity (Wildman–Crippen MR) is 229 cm³/mol. The minimum absolute atomic E-state index is 0.191. The maximum atomic E-state index is 12.4. The second kappa shape index (κ2) is 20.6. The van der Waals surface area contributed by atoms with E-state index in [0.29, 0.717) is 55.3 Å². The fraction of sp³-hybridized carbons (Fsp3) is 0.364. The number of methoxy groups -OCH3 is 2. The van der Waals surface area contributed by atoms with Crippen molar-refractivity contribution in [2.24, 2.45) is 10.8 Å². The lowest BCUT2D eigenvalue weighted by Crippen LogP contribution is -2.30. The SMILES string of the molecule is CCOC(=O)C(C)(C)Cc1cc2nc(OC)ccc2[nH]1.CCOC(=O)C(C)(C)Cc1cc2nc(OC)ccc2n1Cc1ccc(Cl)cc1.ClCc1ccc(Cl)cc1. The first-order chi connectivity index (χ1) is 27.1. The number of esters is 2. The number of H-pyrrole nitrogens is 1. The van der Waals surface area contributed by atoms with Crippen LogP contribution in [0.3, 0.4) is 0 Å².